The molecule has 3 unspecified atom stereocenters. The van der Waals surface area contributed by atoms with Gasteiger partial charge in [-0.3, -0.25) is 0 Å². The molecule has 1 saturated carbocycles. The van der Waals surface area contributed by atoms with E-state index in [1.807, 2.05) is 6.92 Å². The first kappa shape index (κ1) is 12.5. The normalized spacial score (nSPS) is 28.6. The van der Waals surface area contributed by atoms with Gasteiger partial charge in [-0.2, -0.15) is 0 Å². The summed E-state index contributed by atoms with van der Waals surface area (Å²) in [5, 5.41) is 3.09. The van der Waals surface area contributed by atoms with E-state index < -0.39 is 9.84 Å². The van der Waals surface area contributed by atoms with Crippen LogP contribution in [0.3, 0.4) is 0 Å². The number of hydrogen-bond acceptors (Lipinski definition) is 3. The first-order chi connectivity index (χ1) is 6.95. The van der Waals surface area contributed by atoms with E-state index in [0.717, 1.165) is 19.3 Å². The van der Waals surface area contributed by atoms with Crippen molar-refractivity contribution in [2.75, 3.05) is 6.26 Å². The average molecular weight is 229 g/mol. The maximum absolute atomic E-state index is 11.5. The minimum Gasteiger partial charge on any atom is -0.309 e. The van der Waals surface area contributed by atoms with Gasteiger partial charge < -0.3 is 5.32 Å². The first-order valence-electron chi connectivity index (χ1n) is 5.33. The molecule has 0 aromatic carbocycles. The quantitative estimate of drug-likeness (QED) is 0.730. The molecule has 4 heteroatoms. The van der Waals surface area contributed by atoms with Crippen LogP contribution >= 0.6 is 0 Å². The van der Waals surface area contributed by atoms with Crippen LogP contribution < -0.4 is 5.32 Å². The summed E-state index contributed by atoms with van der Waals surface area (Å²) in [5.41, 5.74) is 0. The van der Waals surface area contributed by atoms with E-state index >= 15 is 0 Å². The highest BCUT2D eigenvalue weighted by Gasteiger charge is 2.34. The smallest absolute Gasteiger partial charge is 0.151 e. The Morgan fingerprint density at radius 1 is 1.53 bits per heavy atom. The molecular formula is C11H19NO2S. The summed E-state index contributed by atoms with van der Waals surface area (Å²) >= 11 is 0. The molecule has 1 aliphatic rings. The highest BCUT2D eigenvalue weighted by atomic mass is 32.2. The predicted molar refractivity (Wildman–Crippen MR) is 62.3 cm³/mol. The van der Waals surface area contributed by atoms with Crippen LogP contribution in [-0.4, -0.2) is 32.0 Å². The van der Waals surface area contributed by atoms with Gasteiger partial charge in [0.15, 0.2) is 9.84 Å². The largest absolute Gasteiger partial charge is 0.309 e. The van der Waals surface area contributed by atoms with E-state index in [1.165, 1.54) is 6.26 Å². The van der Waals surface area contributed by atoms with Crippen molar-refractivity contribution in [2.45, 2.75) is 49.9 Å². The molecule has 0 aromatic rings. The zero-order valence-corrected chi connectivity index (χ0v) is 10.2. The Labute approximate surface area is 92.6 Å². The Bertz CT molecular complexity index is 342. The minimum absolute atomic E-state index is 0.0864. The summed E-state index contributed by atoms with van der Waals surface area (Å²) in [7, 11) is -2.93. The van der Waals surface area contributed by atoms with Crippen LogP contribution in [0.1, 0.15) is 32.6 Å². The van der Waals surface area contributed by atoms with Crippen LogP contribution in [0.2, 0.25) is 0 Å². The second-order valence-electron chi connectivity index (χ2n) is 4.38. The number of terminal acetylenes is 1. The molecule has 0 aromatic heterocycles. The molecule has 3 atom stereocenters. The van der Waals surface area contributed by atoms with E-state index in [4.69, 9.17) is 6.42 Å². The molecule has 0 aliphatic heterocycles. The summed E-state index contributed by atoms with van der Waals surface area (Å²) in [6.45, 7) is 2.00. The van der Waals surface area contributed by atoms with Gasteiger partial charge >= 0.3 is 0 Å². The molecule has 0 bridgehead atoms. The zero-order valence-electron chi connectivity index (χ0n) is 9.36. The van der Waals surface area contributed by atoms with Crippen molar-refractivity contribution in [1.29, 1.82) is 0 Å². The van der Waals surface area contributed by atoms with Crippen LogP contribution in [-0.2, 0) is 9.84 Å². The van der Waals surface area contributed by atoms with Gasteiger partial charge in [-0.15, -0.1) is 12.3 Å². The van der Waals surface area contributed by atoms with E-state index in [2.05, 4.69) is 11.2 Å². The predicted octanol–water partition coefficient (Wildman–Crippen LogP) is 0.954. The van der Waals surface area contributed by atoms with Gasteiger partial charge in [0, 0.05) is 24.8 Å². The number of sulfone groups is 1. The highest BCUT2D eigenvalue weighted by Crippen LogP contribution is 2.25. The van der Waals surface area contributed by atoms with Crippen molar-refractivity contribution >= 4 is 9.84 Å². The third kappa shape index (κ3) is 3.51. The number of rotatable bonds is 4. The van der Waals surface area contributed by atoms with Gasteiger partial charge in [0.1, 0.15) is 0 Å². The average Bonchev–Trinajstić information content (AvgIpc) is 2.51. The lowest BCUT2D eigenvalue weighted by Gasteiger charge is -2.22. The Balaban J connectivity index is 2.59. The molecule has 1 fully saturated rings. The van der Waals surface area contributed by atoms with Crippen LogP contribution in [0, 0.1) is 12.3 Å². The van der Waals surface area contributed by atoms with E-state index in [9.17, 15) is 8.42 Å². The lowest BCUT2D eigenvalue weighted by molar-refractivity contribution is 0.450. The minimum atomic E-state index is -2.93. The van der Waals surface area contributed by atoms with Crippen LogP contribution in [0.5, 0.6) is 0 Å². The first-order valence-corrected chi connectivity index (χ1v) is 7.29. The maximum atomic E-state index is 11.5. The van der Waals surface area contributed by atoms with Crippen LogP contribution in [0.25, 0.3) is 0 Å². The fourth-order valence-corrected chi connectivity index (χ4v) is 3.64. The van der Waals surface area contributed by atoms with Crippen molar-refractivity contribution in [2.24, 2.45) is 0 Å². The van der Waals surface area contributed by atoms with Crippen molar-refractivity contribution < 1.29 is 8.42 Å². The zero-order chi connectivity index (χ0) is 11.5. The maximum Gasteiger partial charge on any atom is 0.151 e. The molecule has 86 valence electrons. The van der Waals surface area contributed by atoms with Gasteiger partial charge in [-0.25, -0.2) is 8.42 Å². The summed E-state index contributed by atoms with van der Waals surface area (Å²) in [6, 6.07) is 0.283. The van der Waals surface area contributed by atoms with Crippen LogP contribution in [0.15, 0.2) is 0 Å². The molecule has 1 aliphatic carbocycles. The molecule has 0 amide bonds. The van der Waals surface area contributed by atoms with Crippen molar-refractivity contribution in [1.82, 2.24) is 5.32 Å². The third-order valence-electron chi connectivity index (χ3n) is 2.93. The molecule has 0 radical (unpaired) electrons. The SMILES string of the molecule is C#CCC(C)NC1CCCC1S(C)(=O)=O. The second kappa shape index (κ2) is 5.00. The van der Waals surface area contributed by atoms with Crippen molar-refractivity contribution in [3.63, 3.8) is 0 Å². The molecule has 15 heavy (non-hydrogen) atoms. The summed E-state index contributed by atoms with van der Waals surface area (Å²) < 4.78 is 23.0. The Kier molecular flexibility index (Phi) is 4.18. The van der Waals surface area contributed by atoms with Gasteiger partial charge in [-0.05, 0) is 19.8 Å². The third-order valence-corrected chi connectivity index (χ3v) is 4.59. The van der Waals surface area contributed by atoms with Gasteiger partial charge in [0.2, 0.25) is 0 Å². The molecule has 1 N–H and O–H groups in total. The Morgan fingerprint density at radius 3 is 2.73 bits per heavy atom. The van der Waals surface area contributed by atoms with Crippen LogP contribution in [0.4, 0.5) is 0 Å². The summed E-state index contributed by atoms with van der Waals surface area (Å²) in [6.07, 6.45) is 9.88. The van der Waals surface area contributed by atoms with Gasteiger partial charge in [0.25, 0.3) is 0 Å². The lowest BCUT2D eigenvalue weighted by atomic mass is 10.2. The highest BCUT2D eigenvalue weighted by molar-refractivity contribution is 7.91. The number of nitrogens with one attached hydrogen (secondary N) is 1. The summed E-state index contributed by atoms with van der Waals surface area (Å²) in [4.78, 5) is 0. The molecule has 3 nitrogen and oxygen atoms in total. The monoisotopic (exact) mass is 229 g/mol. The lowest BCUT2D eigenvalue weighted by Crippen LogP contribution is -2.44. The second-order valence-corrected chi connectivity index (χ2v) is 6.65. The molecular weight excluding hydrogens is 210 g/mol. The fraction of sp³-hybridized carbons (Fsp3) is 0.818. The molecule has 1 rings (SSSR count). The van der Waals surface area contributed by atoms with Crippen molar-refractivity contribution in [3.05, 3.63) is 0 Å². The number of hydrogen-bond donors (Lipinski definition) is 1. The van der Waals surface area contributed by atoms with E-state index in [-0.39, 0.29) is 17.3 Å². The molecule has 0 saturated heterocycles. The molecule has 0 spiro atoms. The topological polar surface area (TPSA) is 46.2 Å². The molecule has 0 heterocycles. The fourth-order valence-electron chi connectivity index (χ4n) is 2.23. The Hall–Kier alpha value is -0.530. The van der Waals surface area contributed by atoms with E-state index in [1.54, 1.807) is 0 Å². The standard InChI is InChI=1S/C11H19NO2S/c1-4-6-9(2)12-10-7-5-8-11(10)15(3,13)14/h1,9-12H,5-8H2,2-3H3. The van der Waals surface area contributed by atoms with E-state index in [0.29, 0.717) is 6.42 Å². The Morgan fingerprint density at radius 2 is 2.20 bits per heavy atom. The van der Waals surface area contributed by atoms with Crippen molar-refractivity contribution in [3.8, 4) is 12.3 Å². The van der Waals surface area contributed by atoms with Gasteiger partial charge in [-0.1, -0.05) is 6.42 Å². The van der Waals surface area contributed by atoms with Gasteiger partial charge in [0.05, 0.1) is 5.25 Å². The summed E-state index contributed by atoms with van der Waals surface area (Å²) in [5.74, 6) is 2.58.